The lowest BCUT2D eigenvalue weighted by atomic mass is 9.84. The number of pyridine rings is 1. The first-order valence-electron chi connectivity index (χ1n) is 21.3. The van der Waals surface area contributed by atoms with Crippen LogP contribution in [0.2, 0.25) is 0 Å². The fourth-order valence-corrected chi connectivity index (χ4v) is 9.80. The molecule has 0 radical (unpaired) electrons. The van der Waals surface area contributed by atoms with Crippen LogP contribution in [-0.4, -0.2) is 133 Å². The van der Waals surface area contributed by atoms with Gasteiger partial charge in [0.05, 0.1) is 59.8 Å². The summed E-state index contributed by atoms with van der Waals surface area (Å²) in [6, 6.07) is 7.14. The molecule has 2 fully saturated rings. The van der Waals surface area contributed by atoms with Crippen LogP contribution in [0.5, 0.6) is 0 Å². The third kappa shape index (κ3) is 9.51. The molecule has 0 saturated carbocycles. The molecule has 2 saturated heterocycles. The molecule has 4 aliphatic heterocycles. The maximum Gasteiger partial charge on any atom is 0.324 e. The van der Waals surface area contributed by atoms with Gasteiger partial charge in [-0.05, 0) is 83.3 Å². The number of esters is 1. The number of nitrogens with zero attached hydrogens (tertiary/aromatic N) is 6. The SMILES string of the molecule is CCO[C@@H]1C2=NC(CS2)c2ccc3c(c2)c(c(-c2cc(N4CCN(C)CC4)cnc2[C@H](C)OC)n3CCOC(C)C)CC(C)(C)COC(=O)[C@@H]2CCCN(N2)C(=O)[C@H]1N. The summed E-state index contributed by atoms with van der Waals surface area (Å²) in [5.41, 5.74) is 16.7. The molecular formula is C44H64N8O6S. The highest BCUT2D eigenvalue weighted by atomic mass is 32.2. The van der Waals surface area contributed by atoms with Crippen LogP contribution in [-0.2, 0) is 41.5 Å². The van der Waals surface area contributed by atoms with Gasteiger partial charge in [-0.25, -0.2) is 5.43 Å². The second kappa shape index (κ2) is 18.6. The van der Waals surface area contributed by atoms with Gasteiger partial charge in [0.25, 0.3) is 5.91 Å². The number of hydrogen-bond donors (Lipinski definition) is 2. The van der Waals surface area contributed by atoms with Gasteiger partial charge in [-0.3, -0.25) is 24.6 Å². The average molecular weight is 833 g/mol. The van der Waals surface area contributed by atoms with Crippen molar-refractivity contribution in [2.24, 2.45) is 16.1 Å². The standard InChI is InChI=1S/C44H64N8O6S/c1-9-56-40-37(45)42(53)52-14-10-11-34(48-52)43(54)58-26-44(5,6)23-33-31-21-29(35-25-59-41(40)47-35)12-13-36(31)51(19-20-57-27(2)3)39(33)32-22-30(24-46-38(32)28(4)55-8)50-17-15-49(7)16-18-50/h12-13,21-22,24,27-28,34-35,37,40,48H,9-11,14-20,23,25-26,45H2,1-8H3/t28-,34-,35?,37-,40-/m0/s1. The minimum absolute atomic E-state index is 0.0731. The number of nitrogens with two attached hydrogens (primary N) is 1. The molecule has 3 N–H and O–H groups in total. The quantitative estimate of drug-likeness (QED) is 0.261. The Labute approximate surface area is 353 Å². The third-order valence-electron chi connectivity index (χ3n) is 12.0. The van der Waals surface area contributed by atoms with Crippen molar-refractivity contribution in [1.29, 1.82) is 0 Å². The molecular weight excluding hydrogens is 769 g/mol. The summed E-state index contributed by atoms with van der Waals surface area (Å²) in [5.74, 6) is -0.0222. The Morgan fingerprint density at radius 1 is 1.10 bits per heavy atom. The number of thioether (sulfide) groups is 1. The second-order valence-electron chi connectivity index (χ2n) is 17.4. The van der Waals surface area contributed by atoms with Gasteiger partial charge >= 0.3 is 5.97 Å². The number of cyclic esters (lactones) is 1. The lowest BCUT2D eigenvalue weighted by molar-refractivity contribution is -0.155. The van der Waals surface area contributed by atoms with E-state index in [1.54, 1.807) is 18.9 Å². The molecule has 1 unspecified atom stereocenters. The van der Waals surface area contributed by atoms with Crippen molar-refractivity contribution in [3.8, 4) is 11.3 Å². The summed E-state index contributed by atoms with van der Waals surface area (Å²) in [5, 5.41) is 3.29. The highest BCUT2D eigenvalue weighted by Gasteiger charge is 2.39. The highest BCUT2D eigenvalue weighted by Crippen LogP contribution is 2.44. The van der Waals surface area contributed by atoms with Crippen molar-refractivity contribution in [2.45, 2.75) is 104 Å². The minimum Gasteiger partial charge on any atom is -0.464 e. The molecule has 6 bridgehead atoms. The van der Waals surface area contributed by atoms with E-state index < -0.39 is 23.6 Å². The van der Waals surface area contributed by atoms with Gasteiger partial charge < -0.3 is 39.0 Å². The van der Waals surface area contributed by atoms with Crippen LogP contribution in [0.3, 0.4) is 0 Å². The van der Waals surface area contributed by atoms with E-state index in [-0.39, 0.29) is 36.7 Å². The summed E-state index contributed by atoms with van der Waals surface area (Å²) in [6.45, 7) is 18.3. The number of rotatable bonds is 10. The van der Waals surface area contributed by atoms with E-state index in [1.807, 2.05) is 13.1 Å². The zero-order valence-corrected chi connectivity index (χ0v) is 37.0. The Bertz CT molecular complexity index is 2010. The topological polar surface area (TPSA) is 149 Å². The Morgan fingerprint density at radius 3 is 2.61 bits per heavy atom. The smallest absolute Gasteiger partial charge is 0.324 e. The molecule has 3 aromatic rings. The number of anilines is 1. The first-order chi connectivity index (χ1) is 28.3. The molecule has 5 atom stereocenters. The minimum atomic E-state index is -1.00. The Hall–Kier alpha value is -3.57. The molecule has 4 aliphatic rings. The Morgan fingerprint density at radius 2 is 1.88 bits per heavy atom. The number of carbonyl (C=O) groups is 2. The number of ether oxygens (including phenoxy) is 4. The molecule has 0 spiro atoms. The zero-order valence-electron chi connectivity index (χ0n) is 36.2. The number of hydrazine groups is 1. The van der Waals surface area contributed by atoms with Crippen molar-refractivity contribution in [2.75, 3.05) is 77.4 Å². The van der Waals surface area contributed by atoms with Crippen LogP contribution >= 0.6 is 11.8 Å². The van der Waals surface area contributed by atoms with Gasteiger partial charge in [0, 0.05) is 80.6 Å². The molecule has 322 valence electrons. The fraction of sp³-hybridized carbons (Fsp3) is 0.636. The number of carbonyl (C=O) groups excluding carboxylic acids is 2. The van der Waals surface area contributed by atoms with Crippen molar-refractivity contribution in [1.82, 2.24) is 24.9 Å². The van der Waals surface area contributed by atoms with Crippen molar-refractivity contribution in [3.63, 3.8) is 0 Å². The van der Waals surface area contributed by atoms with Gasteiger partial charge in [0.1, 0.15) is 18.2 Å². The number of aliphatic imine (C=N–C) groups is 1. The van der Waals surface area contributed by atoms with E-state index in [9.17, 15) is 9.59 Å². The molecule has 1 amide bonds. The largest absolute Gasteiger partial charge is 0.464 e. The van der Waals surface area contributed by atoms with E-state index in [1.165, 1.54) is 5.01 Å². The van der Waals surface area contributed by atoms with Crippen LogP contribution in [0.15, 0.2) is 35.5 Å². The lowest BCUT2D eigenvalue weighted by Crippen LogP contribution is -2.61. The van der Waals surface area contributed by atoms with E-state index >= 15 is 0 Å². The van der Waals surface area contributed by atoms with E-state index in [4.69, 9.17) is 34.7 Å². The monoisotopic (exact) mass is 832 g/mol. The highest BCUT2D eigenvalue weighted by molar-refractivity contribution is 8.14. The Kier molecular flexibility index (Phi) is 13.7. The van der Waals surface area contributed by atoms with Gasteiger partial charge in [-0.1, -0.05) is 19.9 Å². The first-order valence-corrected chi connectivity index (χ1v) is 22.3. The molecule has 6 heterocycles. The number of likely N-dealkylation sites (N-methyl/N-ethyl adjacent to an activating group) is 1. The number of nitrogens with one attached hydrogen (secondary N) is 1. The van der Waals surface area contributed by atoms with Crippen LogP contribution < -0.4 is 16.1 Å². The molecule has 1 aromatic carbocycles. The molecule has 14 nitrogen and oxygen atoms in total. The maximum absolute atomic E-state index is 13.8. The van der Waals surface area contributed by atoms with Crippen molar-refractivity contribution >= 4 is 45.3 Å². The summed E-state index contributed by atoms with van der Waals surface area (Å²) in [7, 11) is 3.90. The van der Waals surface area contributed by atoms with Crippen LogP contribution in [0.4, 0.5) is 5.69 Å². The van der Waals surface area contributed by atoms with Crippen molar-refractivity contribution in [3.05, 3.63) is 47.3 Å². The van der Waals surface area contributed by atoms with Crippen molar-refractivity contribution < 1.29 is 28.5 Å². The van der Waals surface area contributed by atoms with Gasteiger partial charge in [0.15, 0.2) is 0 Å². The predicted molar refractivity (Wildman–Crippen MR) is 234 cm³/mol. The van der Waals surface area contributed by atoms with Gasteiger partial charge in [0.2, 0.25) is 0 Å². The molecule has 59 heavy (non-hydrogen) atoms. The Balaban J connectivity index is 1.43. The summed E-state index contributed by atoms with van der Waals surface area (Å²) >= 11 is 1.59. The lowest BCUT2D eigenvalue weighted by Gasteiger charge is -2.36. The maximum atomic E-state index is 13.8. The number of benzene rings is 1. The van der Waals surface area contributed by atoms with Crippen LogP contribution in [0.1, 0.15) is 83.4 Å². The van der Waals surface area contributed by atoms with Gasteiger partial charge in [-0.15, -0.1) is 11.8 Å². The summed E-state index contributed by atoms with van der Waals surface area (Å²) < 4.78 is 26.9. The summed E-state index contributed by atoms with van der Waals surface area (Å²) in [4.78, 5) is 42.8. The normalized spacial score (nSPS) is 25.0. The second-order valence-corrected chi connectivity index (χ2v) is 18.5. The zero-order chi connectivity index (χ0) is 42.0. The van der Waals surface area contributed by atoms with E-state index in [0.717, 1.165) is 70.8 Å². The van der Waals surface area contributed by atoms with Crippen LogP contribution in [0, 0.1) is 5.41 Å². The number of methoxy groups -OCH3 is 1. The average Bonchev–Trinajstić information content (AvgIpc) is 3.83. The third-order valence-corrected chi connectivity index (χ3v) is 13.1. The molecule has 15 heteroatoms. The number of hydrogen-bond acceptors (Lipinski definition) is 13. The first kappa shape index (κ1) is 43.5. The summed E-state index contributed by atoms with van der Waals surface area (Å²) in [6.07, 6.45) is 2.86. The molecule has 7 rings (SSSR count). The van der Waals surface area contributed by atoms with E-state index in [0.29, 0.717) is 56.4 Å². The fourth-order valence-electron chi connectivity index (χ4n) is 8.62. The number of amides is 1. The van der Waals surface area contributed by atoms with Gasteiger partial charge in [-0.2, -0.15) is 0 Å². The molecule has 2 aromatic heterocycles. The number of piperazine rings is 1. The van der Waals surface area contributed by atoms with Crippen LogP contribution in [0.25, 0.3) is 22.2 Å². The number of aromatic nitrogens is 2. The van der Waals surface area contributed by atoms with E-state index in [2.05, 4.69) is 85.7 Å². The molecule has 0 aliphatic carbocycles. The number of fused-ring (bicyclic) bond motifs is 5. The predicted octanol–water partition coefficient (Wildman–Crippen LogP) is 5.13.